The minimum atomic E-state index is -4.83. The molecule has 0 heterocycles. The van der Waals surface area contributed by atoms with Crippen LogP contribution in [0, 0.1) is 0 Å². The number of halogens is 5. The maximum absolute atomic E-state index is 12.5. The van der Waals surface area contributed by atoms with E-state index >= 15 is 0 Å². The summed E-state index contributed by atoms with van der Waals surface area (Å²) in [5.41, 5.74) is 3.73. The van der Waals surface area contributed by atoms with E-state index in [2.05, 4.69) is 17.0 Å². The van der Waals surface area contributed by atoms with E-state index < -0.39 is 24.1 Å². The molecule has 17 heavy (non-hydrogen) atoms. The monoisotopic (exact) mass is 271 g/mol. The van der Waals surface area contributed by atoms with Gasteiger partial charge >= 0.3 is 12.8 Å². The van der Waals surface area contributed by atoms with E-state index in [9.17, 15) is 22.0 Å². The topological polar surface area (TPSA) is 35.2 Å². The highest BCUT2D eigenvalue weighted by atomic mass is 32.1. The first kappa shape index (κ1) is 13.6. The van der Waals surface area contributed by atoms with Gasteiger partial charge in [0.1, 0.15) is 10.7 Å². The minimum Gasteiger partial charge on any atom is -0.434 e. The molecule has 0 aliphatic carbocycles. The summed E-state index contributed by atoms with van der Waals surface area (Å²) in [6.45, 7) is -3.34. The largest absolute Gasteiger partial charge is 0.434 e. The van der Waals surface area contributed by atoms with Crippen molar-refractivity contribution < 1.29 is 26.7 Å². The number of ether oxygens (including phenoxy) is 1. The second-order valence-corrected chi connectivity index (χ2v) is 3.39. The van der Waals surface area contributed by atoms with Crippen molar-refractivity contribution in [2.75, 3.05) is 0 Å². The van der Waals surface area contributed by atoms with E-state index in [1.807, 2.05) is 0 Å². The number of nitrogens with two attached hydrogens (primary N) is 1. The van der Waals surface area contributed by atoms with E-state index in [0.717, 1.165) is 12.1 Å². The zero-order chi connectivity index (χ0) is 13.2. The van der Waals surface area contributed by atoms with Crippen molar-refractivity contribution in [1.29, 1.82) is 0 Å². The summed E-state index contributed by atoms with van der Waals surface area (Å²) in [4.78, 5) is -0.265. The Hall–Kier alpha value is -1.44. The molecular weight excluding hydrogens is 265 g/mol. The number of rotatable bonds is 3. The fraction of sp³-hybridized carbons (Fsp3) is 0.222. The molecule has 0 atom stereocenters. The summed E-state index contributed by atoms with van der Waals surface area (Å²) in [5, 5.41) is 0. The van der Waals surface area contributed by atoms with Gasteiger partial charge < -0.3 is 10.5 Å². The lowest BCUT2D eigenvalue weighted by Crippen LogP contribution is -2.15. The summed E-state index contributed by atoms with van der Waals surface area (Å²) in [6, 6.07) is 2.40. The molecule has 1 rings (SSSR count). The van der Waals surface area contributed by atoms with Gasteiger partial charge in [0.15, 0.2) is 0 Å². The highest BCUT2D eigenvalue weighted by Crippen LogP contribution is 2.37. The summed E-state index contributed by atoms with van der Waals surface area (Å²) in [5.74, 6) is -0.965. The molecule has 0 fully saturated rings. The number of hydrogen-bond acceptors (Lipinski definition) is 2. The van der Waals surface area contributed by atoms with Crippen LogP contribution in [0.5, 0.6) is 5.75 Å². The highest BCUT2D eigenvalue weighted by molar-refractivity contribution is 7.80. The predicted octanol–water partition coefficient (Wildman–Crippen LogP) is 2.94. The van der Waals surface area contributed by atoms with Crippen molar-refractivity contribution in [3.05, 3.63) is 29.3 Å². The molecule has 1 aromatic carbocycles. The Morgan fingerprint density at radius 3 is 2.29 bits per heavy atom. The van der Waals surface area contributed by atoms with Crippen molar-refractivity contribution in [2.45, 2.75) is 12.8 Å². The van der Waals surface area contributed by atoms with Crippen molar-refractivity contribution >= 4 is 17.2 Å². The van der Waals surface area contributed by atoms with E-state index in [-0.39, 0.29) is 10.6 Å². The number of thiocarbonyl (C=S) groups is 1. The lowest BCUT2D eigenvalue weighted by Gasteiger charge is -2.14. The van der Waals surface area contributed by atoms with Gasteiger partial charge in [0, 0.05) is 5.56 Å². The van der Waals surface area contributed by atoms with Crippen molar-refractivity contribution in [2.24, 2.45) is 5.73 Å². The molecule has 0 amide bonds. The third-order valence-electron chi connectivity index (χ3n) is 1.79. The Morgan fingerprint density at radius 2 is 1.88 bits per heavy atom. The SMILES string of the molecule is NC(=S)c1ccc(OC(F)F)c(C(F)(F)F)c1. The van der Waals surface area contributed by atoms with Crippen LogP contribution in [0.4, 0.5) is 22.0 Å². The van der Waals surface area contributed by atoms with Gasteiger partial charge in [0.05, 0.1) is 5.56 Å². The standard InChI is InChI=1S/C9H6F5NOS/c10-8(11)16-6-2-1-4(7(15)17)3-5(6)9(12,13)14/h1-3,8H,(H2,15,17). The Labute approximate surface area is 98.2 Å². The lowest BCUT2D eigenvalue weighted by molar-refractivity contribution is -0.141. The van der Waals surface area contributed by atoms with Crippen LogP contribution in [-0.2, 0) is 6.18 Å². The summed E-state index contributed by atoms with van der Waals surface area (Å²) in [6.07, 6.45) is -4.83. The molecular formula is C9H6F5NOS. The summed E-state index contributed by atoms with van der Waals surface area (Å²) < 4.78 is 65.2. The molecule has 0 saturated carbocycles. The van der Waals surface area contributed by atoms with Crippen LogP contribution in [0.2, 0.25) is 0 Å². The first-order chi connectivity index (χ1) is 7.71. The van der Waals surface area contributed by atoms with Gasteiger partial charge in [-0.3, -0.25) is 0 Å². The Morgan fingerprint density at radius 1 is 1.29 bits per heavy atom. The minimum absolute atomic E-state index is 0.0751. The molecule has 0 aliphatic heterocycles. The molecule has 1 aromatic rings. The number of alkyl halides is 5. The molecule has 8 heteroatoms. The number of benzene rings is 1. The molecule has 94 valence electrons. The third-order valence-corrected chi connectivity index (χ3v) is 2.02. The summed E-state index contributed by atoms with van der Waals surface area (Å²) >= 11 is 4.50. The average Bonchev–Trinajstić information content (AvgIpc) is 2.15. The maximum Gasteiger partial charge on any atom is 0.419 e. The fourth-order valence-electron chi connectivity index (χ4n) is 1.10. The van der Waals surface area contributed by atoms with Gasteiger partial charge in [0.25, 0.3) is 0 Å². The Kier molecular flexibility index (Phi) is 3.87. The molecule has 0 spiro atoms. The molecule has 0 radical (unpaired) electrons. The van der Waals surface area contributed by atoms with E-state index in [4.69, 9.17) is 5.73 Å². The lowest BCUT2D eigenvalue weighted by atomic mass is 10.1. The second-order valence-electron chi connectivity index (χ2n) is 2.95. The van der Waals surface area contributed by atoms with Crippen LogP contribution in [0.25, 0.3) is 0 Å². The number of hydrogen-bond donors (Lipinski definition) is 1. The quantitative estimate of drug-likeness (QED) is 0.678. The van der Waals surface area contributed by atoms with E-state index in [0.29, 0.717) is 6.07 Å². The normalized spacial score (nSPS) is 11.6. The zero-order valence-electron chi connectivity index (χ0n) is 8.09. The van der Waals surface area contributed by atoms with Gasteiger partial charge in [-0.05, 0) is 18.2 Å². The fourth-order valence-corrected chi connectivity index (χ4v) is 1.23. The van der Waals surface area contributed by atoms with Crippen LogP contribution in [0.1, 0.15) is 11.1 Å². The molecule has 2 N–H and O–H groups in total. The Balaban J connectivity index is 3.27. The zero-order valence-corrected chi connectivity index (χ0v) is 8.91. The van der Waals surface area contributed by atoms with Crippen LogP contribution in [-0.4, -0.2) is 11.6 Å². The van der Waals surface area contributed by atoms with Gasteiger partial charge in [-0.1, -0.05) is 12.2 Å². The molecule has 0 aliphatic rings. The third kappa shape index (κ3) is 3.52. The molecule has 2 nitrogen and oxygen atoms in total. The summed E-state index contributed by atoms with van der Waals surface area (Å²) in [7, 11) is 0. The smallest absolute Gasteiger partial charge is 0.419 e. The molecule has 0 unspecified atom stereocenters. The molecule has 0 bridgehead atoms. The van der Waals surface area contributed by atoms with Gasteiger partial charge in [-0.15, -0.1) is 0 Å². The Bertz CT molecular complexity index is 432. The van der Waals surface area contributed by atoms with Gasteiger partial charge in [-0.2, -0.15) is 22.0 Å². The van der Waals surface area contributed by atoms with E-state index in [1.165, 1.54) is 0 Å². The second kappa shape index (κ2) is 4.82. The first-order valence-electron chi connectivity index (χ1n) is 4.17. The van der Waals surface area contributed by atoms with Gasteiger partial charge in [-0.25, -0.2) is 0 Å². The maximum atomic E-state index is 12.5. The van der Waals surface area contributed by atoms with Gasteiger partial charge in [0.2, 0.25) is 0 Å². The molecule has 0 aromatic heterocycles. The van der Waals surface area contributed by atoms with Crippen molar-refractivity contribution in [1.82, 2.24) is 0 Å². The van der Waals surface area contributed by atoms with Crippen molar-refractivity contribution in [3.8, 4) is 5.75 Å². The van der Waals surface area contributed by atoms with Crippen LogP contribution in [0.3, 0.4) is 0 Å². The highest BCUT2D eigenvalue weighted by Gasteiger charge is 2.35. The van der Waals surface area contributed by atoms with E-state index in [1.54, 1.807) is 0 Å². The first-order valence-corrected chi connectivity index (χ1v) is 4.58. The van der Waals surface area contributed by atoms with Crippen LogP contribution < -0.4 is 10.5 Å². The predicted molar refractivity (Wildman–Crippen MR) is 54.0 cm³/mol. The van der Waals surface area contributed by atoms with Crippen molar-refractivity contribution in [3.63, 3.8) is 0 Å². The molecule has 0 saturated heterocycles. The average molecular weight is 271 g/mol. The van der Waals surface area contributed by atoms with Crippen LogP contribution in [0.15, 0.2) is 18.2 Å². The van der Waals surface area contributed by atoms with Crippen LogP contribution >= 0.6 is 12.2 Å².